The molecule has 0 heterocycles. The molecule has 2 aromatic carbocycles. The molecule has 1 N–H and O–H groups in total. The van der Waals surface area contributed by atoms with Gasteiger partial charge in [0.05, 0.1) is 6.07 Å². The van der Waals surface area contributed by atoms with Crippen LogP contribution in [-0.4, -0.2) is 12.3 Å². The summed E-state index contributed by atoms with van der Waals surface area (Å²) >= 11 is 5.13. The van der Waals surface area contributed by atoms with Gasteiger partial charge in [0.2, 0.25) is 0 Å². The molecule has 0 aromatic heterocycles. The summed E-state index contributed by atoms with van der Waals surface area (Å²) in [6.07, 6.45) is 0. The van der Waals surface area contributed by atoms with E-state index in [0.717, 1.165) is 21.5 Å². The molecule has 0 fully saturated rings. The van der Waals surface area contributed by atoms with Crippen molar-refractivity contribution in [1.29, 1.82) is 5.26 Å². The number of hydrogen-bond donors (Lipinski definition) is 1. The van der Waals surface area contributed by atoms with Gasteiger partial charge in [-0.1, -0.05) is 53.2 Å². The van der Waals surface area contributed by atoms with Gasteiger partial charge in [-0.2, -0.15) is 5.26 Å². The van der Waals surface area contributed by atoms with Crippen LogP contribution in [0.1, 0.15) is 12.5 Å². The molecule has 21 heavy (non-hydrogen) atoms. The molecule has 0 bridgehead atoms. The van der Waals surface area contributed by atoms with Crippen molar-refractivity contribution in [3.8, 4) is 6.07 Å². The van der Waals surface area contributed by atoms with E-state index in [9.17, 15) is 5.26 Å². The fourth-order valence-corrected chi connectivity index (χ4v) is 3.43. The fourth-order valence-electron chi connectivity index (χ4n) is 2.12. The summed E-state index contributed by atoms with van der Waals surface area (Å²) in [5, 5.41) is 13.1. The van der Waals surface area contributed by atoms with Crippen molar-refractivity contribution in [2.45, 2.75) is 17.4 Å². The third-order valence-corrected chi connectivity index (χ3v) is 4.92. The van der Waals surface area contributed by atoms with Crippen LogP contribution in [0.15, 0.2) is 64.0 Å². The highest BCUT2D eigenvalue weighted by molar-refractivity contribution is 9.10. The molecule has 1 unspecified atom stereocenters. The minimum atomic E-state index is -0.659. The number of benzene rings is 2. The Morgan fingerprint density at radius 2 is 1.81 bits per heavy atom. The number of thioether (sulfide) groups is 1. The number of nitriles is 1. The van der Waals surface area contributed by atoms with Crippen LogP contribution in [0, 0.1) is 11.3 Å². The average molecular weight is 361 g/mol. The van der Waals surface area contributed by atoms with E-state index in [1.807, 2.05) is 49.4 Å². The van der Waals surface area contributed by atoms with Gasteiger partial charge in [-0.3, -0.25) is 5.32 Å². The minimum Gasteiger partial charge on any atom is -0.295 e. The van der Waals surface area contributed by atoms with Crippen LogP contribution in [-0.2, 0) is 5.54 Å². The van der Waals surface area contributed by atoms with Crippen molar-refractivity contribution in [2.24, 2.45) is 0 Å². The Balaban J connectivity index is 2.21. The smallest absolute Gasteiger partial charge is 0.141 e. The molecule has 0 radical (unpaired) electrons. The average Bonchev–Trinajstić information content (AvgIpc) is 2.54. The lowest BCUT2D eigenvalue weighted by Gasteiger charge is -2.27. The maximum absolute atomic E-state index is 9.75. The predicted molar refractivity (Wildman–Crippen MR) is 92.3 cm³/mol. The third-order valence-electron chi connectivity index (χ3n) is 3.20. The third kappa shape index (κ3) is 4.10. The molecule has 0 saturated heterocycles. The van der Waals surface area contributed by atoms with Crippen LogP contribution >= 0.6 is 27.7 Å². The summed E-state index contributed by atoms with van der Waals surface area (Å²) in [5.74, 6) is 0.670. The normalized spacial score (nSPS) is 13.4. The standard InChI is InChI=1S/C17H17BrN2S/c1-2-20-17(12-19,14-6-4-3-5-7-14)13-21-16-10-8-15(18)9-11-16/h3-11,20H,2,13H2,1H3. The molecule has 2 rings (SSSR count). The van der Waals surface area contributed by atoms with Crippen molar-refractivity contribution < 1.29 is 0 Å². The maximum atomic E-state index is 9.75. The zero-order valence-corrected chi connectivity index (χ0v) is 14.2. The monoisotopic (exact) mass is 360 g/mol. The predicted octanol–water partition coefficient (Wildman–Crippen LogP) is 4.57. The van der Waals surface area contributed by atoms with E-state index < -0.39 is 5.54 Å². The Labute approximate surface area is 138 Å². The van der Waals surface area contributed by atoms with Gasteiger partial charge >= 0.3 is 0 Å². The van der Waals surface area contributed by atoms with Gasteiger partial charge in [0.15, 0.2) is 0 Å². The molecule has 0 amide bonds. The van der Waals surface area contributed by atoms with E-state index in [1.165, 1.54) is 0 Å². The molecule has 2 aromatic rings. The number of nitrogens with one attached hydrogen (secondary N) is 1. The molecule has 0 aliphatic rings. The highest BCUT2D eigenvalue weighted by Crippen LogP contribution is 2.30. The van der Waals surface area contributed by atoms with Crippen LogP contribution in [0.2, 0.25) is 0 Å². The fraction of sp³-hybridized carbons (Fsp3) is 0.235. The summed E-state index contributed by atoms with van der Waals surface area (Å²) in [5.41, 5.74) is 0.354. The first kappa shape index (κ1) is 16.1. The molecule has 108 valence electrons. The van der Waals surface area contributed by atoms with E-state index in [0.29, 0.717) is 5.75 Å². The molecule has 1 atom stereocenters. The lowest BCUT2D eigenvalue weighted by Crippen LogP contribution is -2.43. The first-order chi connectivity index (χ1) is 10.2. The van der Waals surface area contributed by atoms with Crippen molar-refractivity contribution in [1.82, 2.24) is 5.32 Å². The molecule has 0 aliphatic heterocycles. The van der Waals surface area contributed by atoms with Gasteiger partial charge in [0, 0.05) is 15.1 Å². The Morgan fingerprint density at radius 3 is 2.38 bits per heavy atom. The van der Waals surface area contributed by atoms with Crippen LogP contribution < -0.4 is 5.32 Å². The minimum absolute atomic E-state index is 0.659. The second kappa shape index (κ2) is 7.65. The van der Waals surface area contributed by atoms with Crippen molar-refractivity contribution in [3.05, 3.63) is 64.6 Å². The zero-order chi connectivity index (χ0) is 15.1. The van der Waals surface area contributed by atoms with E-state index in [2.05, 4.69) is 39.4 Å². The molecule has 0 aliphatic carbocycles. The molecule has 0 spiro atoms. The molecular formula is C17H17BrN2S. The Morgan fingerprint density at radius 1 is 1.14 bits per heavy atom. The molecule has 2 nitrogen and oxygen atoms in total. The lowest BCUT2D eigenvalue weighted by atomic mass is 9.93. The summed E-state index contributed by atoms with van der Waals surface area (Å²) in [6.45, 7) is 2.78. The number of nitrogens with zero attached hydrogens (tertiary/aromatic N) is 1. The van der Waals surface area contributed by atoms with Gasteiger partial charge in [-0.05, 0) is 36.4 Å². The van der Waals surface area contributed by atoms with Crippen LogP contribution in [0.25, 0.3) is 0 Å². The quantitative estimate of drug-likeness (QED) is 0.766. The topological polar surface area (TPSA) is 35.8 Å². The maximum Gasteiger partial charge on any atom is 0.141 e. The van der Waals surface area contributed by atoms with E-state index in [1.54, 1.807) is 11.8 Å². The Bertz CT molecular complexity index is 607. The van der Waals surface area contributed by atoms with Crippen LogP contribution in [0.3, 0.4) is 0 Å². The first-order valence-electron chi connectivity index (χ1n) is 6.80. The highest BCUT2D eigenvalue weighted by Gasteiger charge is 2.31. The van der Waals surface area contributed by atoms with Crippen molar-refractivity contribution in [3.63, 3.8) is 0 Å². The molecular weight excluding hydrogens is 344 g/mol. The largest absolute Gasteiger partial charge is 0.295 e. The summed E-state index contributed by atoms with van der Waals surface area (Å²) in [4.78, 5) is 1.16. The van der Waals surface area contributed by atoms with Crippen LogP contribution in [0.5, 0.6) is 0 Å². The lowest BCUT2D eigenvalue weighted by molar-refractivity contribution is 0.490. The van der Waals surface area contributed by atoms with E-state index >= 15 is 0 Å². The first-order valence-corrected chi connectivity index (χ1v) is 8.58. The Kier molecular flexibility index (Phi) is 5.86. The zero-order valence-electron chi connectivity index (χ0n) is 11.8. The highest BCUT2D eigenvalue weighted by atomic mass is 79.9. The Hall–Kier alpha value is -1.28. The van der Waals surface area contributed by atoms with Gasteiger partial charge in [-0.15, -0.1) is 11.8 Å². The van der Waals surface area contributed by atoms with Crippen molar-refractivity contribution in [2.75, 3.05) is 12.3 Å². The second-order valence-electron chi connectivity index (χ2n) is 4.66. The molecule has 0 saturated carbocycles. The van der Waals surface area contributed by atoms with Crippen LogP contribution in [0.4, 0.5) is 0 Å². The number of hydrogen-bond acceptors (Lipinski definition) is 3. The van der Waals surface area contributed by atoms with Gasteiger partial charge in [-0.25, -0.2) is 0 Å². The summed E-state index contributed by atoms with van der Waals surface area (Å²) in [7, 11) is 0. The van der Waals surface area contributed by atoms with E-state index in [-0.39, 0.29) is 0 Å². The van der Waals surface area contributed by atoms with E-state index in [4.69, 9.17) is 0 Å². The summed E-state index contributed by atoms with van der Waals surface area (Å²) < 4.78 is 1.06. The molecule has 4 heteroatoms. The van der Waals surface area contributed by atoms with Crippen molar-refractivity contribution >= 4 is 27.7 Å². The summed E-state index contributed by atoms with van der Waals surface area (Å²) in [6, 6.07) is 20.6. The van der Waals surface area contributed by atoms with Gasteiger partial charge in [0.25, 0.3) is 0 Å². The van der Waals surface area contributed by atoms with Gasteiger partial charge in [0.1, 0.15) is 5.54 Å². The number of halogens is 1. The number of rotatable bonds is 6. The SMILES string of the molecule is CCNC(C#N)(CSc1ccc(Br)cc1)c1ccccc1. The van der Waals surface area contributed by atoms with Gasteiger partial charge < -0.3 is 0 Å². The second-order valence-corrected chi connectivity index (χ2v) is 6.62.